The van der Waals surface area contributed by atoms with Crippen molar-refractivity contribution in [1.29, 1.82) is 0 Å². The minimum atomic E-state index is 0.897. The number of hydrogen-bond donors (Lipinski definition) is 1. The van der Waals surface area contributed by atoms with Crippen LogP contribution in [0.25, 0.3) is 0 Å². The molecule has 0 atom stereocenters. The van der Waals surface area contributed by atoms with Crippen LogP contribution in [0, 0.1) is 5.92 Å². The van der Waals surface area contributed by atoms with Crippen molar-refractivity contribution in [2.45, 2.75) is 44.8 Å². The van der Waals surface area contributed by atoms with Crippen molar-refractivity contribution in [3.8, 4) is 0 Å². The summed E-state index contributed by atoms with van der Waals surface area (Å²) in [4.78, 5) is 0. The summed E-state index contributed by atoms with van der Waals surface area (Å²) < 4.78 is 0. The normalized spacial score (nSPS) is 16.7. The summed E-state index contributed by atoms with van der Waals surface area (Å²) in [6.45, 7) is 3.37. The summed E-state index contributed by atoms with van der Waals surface area (Å²) in [6.07, 6.45) is 7.13. The average molecular weight is 263 g/mol. The van der Waals surface area contributed by atoms with E-state index >= 15 is 0 Å². The molecule has 1 aliphatic rings. The maximum absolute atomic E-state index is 3.59. The molecule has 0 spiro atoms. The summed E-state index contributed by atoms with van der Waals surface area (Å²) >= 11 is 1.98. The standard InChI is InChI=1S/C16H25NS/c1-2-18-13-15-8-10-16(11-9-15)17-12-14-6-4-3-5-7-14/h8-11,14,17H,2-7,12-13H2,1H3. The molecule has 1 aromatic rings. The van der Waals surface area contributed by atoms with Crippen molar-refractivity contribution in [3.63, 3.8) is 0 Å². The van der Waals surface area contributed by atoms with Gasteiger partial charge in [0.15, 0.2) is 0 Å². The quantitative estimate of drug-likeness (QED) is 0.781. The molecule has 0 radical (unpaired) electrons. The van der Waals surface area contributed by atoms with Crippen LogP contribution in [0.3, 0.4) is 0 Å². The van der Waals surface area contributed by atoms with Crippen molar-refractivity contribution >= 4 is 17.4 Å². The van der Waals surface area contributed by atoms with E-state index in [4.69, 9.17) is 0 Å². The zero-order chi connectivity index (χ0) is 12.6. The Morgan fingerprint density at radius 3 is 2.50 bits per heavy atom. The molecule has 1 aromatic carbocycles. The SMILES string of the molecule is CCSCc1ccc(NCC2CCCCC2)cc1. The summed E-state index contributed by atoms with van der Waals surface area (Å²) in [6, 6.07) is 8.97. The molecule has 2 rings (SSSR count). The minimum Gasteiger partial charge on any atom is -0.385 e. The maximum Gasteiger partial charge on any atom is 0.0340 e. The average Bonchev–Trinajstić information content (AvgIpc) is 2.45. The lowest BCUT2D eigenvalue weighted by molar-refractivity contribution is 0.373. The van der Waals surface area contributed by atoms with Crippen LogP contribution >= 0.6 is 11.8 Å². The lowest BCUT2D eigenvalue weighted by Gasteiger charge is -2.22. The van der Waals surface area contributed by atoms with Crippen LogP contribution in [-0.2, 0) is 5.75 Å². The highest BCUT2D eigenvalue weighted by Crippen LogP contribution is 2.24. The van der Waals surface area contributed by atoms with E-state index in [0.717, 1.165) is 18.2 Å². The van der Waals surface area contributed by atoms with E-state index in [9.17, 15) is 0 Å². The van der Waals surface area contributed by atoms with Gasteiger partial charge in [0, 0.05) is 18.0 Å². The van der Waals surface area contributed by atoms with Crippen LogP contribution in [0.15, 0.2) is 24.3 Å². The fourth-order valence-electron chi connectivity index (χ4n) is 2.59. The van der Waals surface area contributed by atoms with Gasteiger partial charge in [-0.1, -0.05) is 38.3 Å². The van der Waals surface area contributed by atoms with Gasteiger partial charge in [-0.25, -0.2) is 0 Å². The second-order valence-electron chi connectivity index (χ2n) is 5.22. The van der Waals surface area contributed by atoms with E-state index in [-0.39, 0.29) is 0 Å². The number of nitrogens with one attached hydrogen (secondary N) is 1. The molecule has 1 N–H and O–H groups in total. The number of benzene rings is 1. The molecular weight excluding hydrogens is 238 g/mol. The number of rotatable bonds is 6. The van der Waals surface area contributed by atoms with Gasteiger partial charge in [-0.3, -0.25) is 0 Å². The smallest absolute Gasteiger partial charge is 0.0340 e. The van der Waals surface area contributed by atoms with Crippen LogP contribution in [-0.4, -0.2) is 12.3 Å². The molecule has 1 saturated carbocycles. The predicted molar refractivity (Wildman–Crippen MR) is 83.3 cm³/mol. The third kappa shape index (κ3) is 4.56. The van der Waals surface area contributed by atoms with Gasteiger partial charge in [-0.05, 0) is 42.2 Å². The fraction of sp³-hybridized carbons (Fsp3) is 0.625. The number of thioether (sulfide) groups is 1. The van der Waals surface area contributed by atoms with Gasteiger partial charge in [-0.15, -0.1) is 0 Å². The Labute approximate surface area is 116 Å². The Bertz CT molecular complexity index is 327. The predicted octanol–water partition coefficient (Wildman–Crippen LogP) is 4.93. The van der Waals surface area contributed by atoms with Gasteiger partial charge in [0.1, 0.15) is 0 Å². The second kappa shape index (κ2) is 7.73. The van der Waals surface area contributed by atoms with Crippen LogP contribution in [0.1, 0.15) is 44.6 Å². The monoisotopic (exact) mass is 263 g/mol. The highest BCUT2D eigenvalue weighted by molar-refractivity contribution is 7.98. The van der Waals surface area contributed by atoms with Crippen molar-refractivity contribution in [3.05, 3.63) is 29.8 Å². The Morgan fingerprint density at radius 2 is 1.83 bits per heavy atom. The molecule has 0 aromatic heterocycles. The van der Waals surface area contributed by atoms with Gasteiger partial charge >= 0.3 is 0 Å². The van der Waals surface area contributed by atoms with E-state index in [0.29, 0.717) is 0 Å². The Morgan fingerprint density at radius 1 is 1.11 bits per heavy atom. The largest absolute Gasteiger partial charge is 0.385 e. The molecule has 0 saturated heterocycles. The molecule has 100 valence electrons. The van der Waals surface area contributed by atoms with Gasteiger partial charge in [0.25, 0.3) is 0 Å². The van der Waals surface area contributed by atoms with E-state index in [1.807, 2.05) is 11.8 Å². The summed E-state index contributed by atoms with van der Waals surface area (Å²) in [5.74, 6) is 3.23. The van der Waals surface area contributed by atoms with Gasteiger partial charge in [-0.2, -0.15) is 11.8 Å². The summed E-state index contributed by atoms with van der Waals surface area (Å²) in [5, 5.41) is 3.59. The zero-order valence-corrected chi connectivity index (χ0v) is 12.3. The molecule has 0 amide bonds. The maximum atomic E-state index is 3.59. The molecular formula is C16H25NS. The first kappa shape index (κ1) is 13.8. The van der Waals surface area contributed by atoms with E-state index in [1.54, 1.807) is 0 Å². The van der Waals surface area contributed by atoms with Crippen LogP contribution < -0.4 is 5.32 Å². The van der Waals surface area contributed by atoms with Crippen molar-refractivity contribution in [1.82, 2.24) is 0 Å². The molecule has 0 heterocycles. The molecule has 1 nitrogen and oxygen atoms in total. The lowest BCUT2D eigenvalue weighted by atomic mass is 9.89. The Kier molecular flexibility index (Phi) is 5.92. The van der Waals surface area contributed by atoms with E-state index < -0.39 is 0 Å². The van der Waals surface area contributed by atoms with E-state index in [1.165, 1.54) is 49.1 Å². The Balaban J connectivity index is 1.75. The molecule has 0 unspecified atom stereocenters. The first-order valence-electron chi connectivity index (χ1n) is 7.29. The van der Waals surface area contributed by atoms with Crippen molar-refractivity contribution in [2.75, 3.05) is 17.6 Å². The van der Waals surface area contributed by atoms with E-state index in [2.05, 4.69) is 36.5 Å². The number of hydrogen-bond acceptors (Lipinski definition) is 2. The van der Waals surface area contributed by atoms with Crippen LogP contribution in [0.5, 0.6) is 0 Å². The van der Waals surface area contributed by atoms with Gasteiger partial charge in [0.2, 0.25) is 0 Å². The molecule has 2 heteroatoms. The second-order valence-corrected chi connectivity index (χ2v) is 6.49. The lowest BCUT2D eigenvalue weighted by Crippen LogP contribution is -2.16. The molecule has 18 heavy (non-hydrogen) atoms. The first-order chi connectivity index (χ1) is 8.88. The molecule has 1 fully saturated rings. The zero-order valence-electron chi connectivity index (χ0n) is 11.5. The van der Waals surface area contributed by atoms with Crippen molar-refractivity contribution < 1.29 is 0 Å². The topological polar surface area (TPSA) is 12.0 Å². The third-order valence-corrected chi connectivity index (χ3v) is 4.69. The van der Waals surface area contributed by atoms with Crippen LogP contribution in [0.2, 0.25) is 0 Å². The Hall–Kier alpha value is -0.630. The molecule has 0 bridgehead atoms. The summed E-state index contributed by atoms with van der Waals surface area (Å²) in [7, 11) is 0. The van der Waals surface area contributed by atoms with Gasteiger partial charge in [0.05, 0.1) is 0 Å². The molecule has 1 aliphatic carbocycles. The highest BCUT2D eigenvalue weighted by Gasteiger charge is 2.12. The minimum absolute atomic E-state index is 0.897. The third-order valence-electron chi connectivity index (χ3n) is 3.75. The number of anilines is 1. The highest BCUT2D eigenvalue weighted by atomic mass is 32.2. The summed E-state index contributed by atoms with van der Waals surface area (Å²) in [5.41, 5.74) is 2.72. The van der Waals surface area contributed by atoms with Gasteiger partial charge < -0.3 is 5.32 Å². The molecule has 0 aliphatic heterocycles. The van der Waals surface area contributed by atoms with Crippen molar-refractivity contribution in [2.24, 2.45) is 5.92 Å². The fourth-order valence-corrected chi connectivity index (χ4v) is 3.22. The van der Waals surface area contributed by atoms with Crippen LogP contribution in [0.4, 0.5) is 5.69 Å². The first-order valence-corrected chi connectivity index (χ1v) is 8.44.